The third-order valence-electron chi connectivity index (χ3n) is 15.9. The highest BCUT2D eigenvalue weighted by Gasteiger charge is 2.30. The van der Waals surface area contributed by atoms with E-state index in [0.29, 0.717) is 32.1 Å². The molecular weight excluding hydrogens is 1310 g/mol. The molecule has 0 heterocycles. The summed E-state index contributed by atoms with van der Waals surface area (Å²) in [6, 6.07) is 0. The van der Waals surface area contributed by atoms with Crippen molar-refractivity contribution in [1.29, 1.82) is 0 Å². The zero-order chi connectivity index (χ0) is 73.2. The lowest BCUT2D eigenvalue weighted by molar-refractivity contribution is -0.161. The van der Waals surface area contributed by atoms with Gasteiger partial charge in [-0.2, -0.15) is 0 Å². The van der Waals surface area contributed by atoms with Gasteiger partial charge in [0.2, 0.25) is 0 Å². The van der Waals surface area contributed by atoms with Crippen LogP contribution in [0.4, 0.5) is 0 Å². The number of aliphatic hydroxyl groups excluding tert-OH is 1. The Balaban J connectivity index is 5.44. The van der Waals surface area contributed by atoms with Crippen molar-refractivity contribution in [2.45, 2.75) is 329 Å². The highest BCUT2D eigenvalue weighted by Crippen LogP contribution is 2.45. The van der Waals surface area contributed by atoms with Gasteiger partial charge in [0.1, 0.15) is 19.3 Å². The average Bonchev–Trinajstić information content (AvgIpc) is 1.01. The molecule has 0 radical (unpaired) electrons. The van der Waals surface area contributed by atoms with Crippen LogP contribution >= 0.6 is 15.6 Å². The number of hydrogen-bond acceptors (Lipinski definition) is 15. The molecule has 2 unspecified atom stereocenters. The van der Waals surface area contributed by atoms with Crippen LogP contribution in [0.2, 0.25) is 0 Å². The number of carbonyl (C=O) groups excluding carboxylic acids is 4. The first-order valence-electron chi connectivity index (χ1n) is 38.8. The predicted octanol–water partition coefficient (Wildman–Crippen LogP) is 22.3. The molecule has 3 N–H and O–H groups in total. The second-order valence-corrected chi connectivity index (χ2v) is 28.5. The van der Waals surface area contributed by atoms with Crippen molar-refractivity contribution in [3.63, 3.8) is 0 Å². The minimum Gasteiger partial charge on any atom is -0.462 e. The van der Waals surface area contributed by atoms with Gasteiger partial charge in [0.15, 0.2) is 12.2 Å². The number of hydrogen-bond donors (Lipinski definition) is 3. The van der Waals surface area contributed by atoms with Crippen molar-refractivity contribution in [1.82, 2.24) is 0 Å². The second-order valence-electron chi connectivity index (χ2n) is 25.6. The summed E-state index contributed by atoms with van der Waals surface area (Å²) in [4.78, 5) is 72.8. The number of esters is 4. The molecule has 0 saturated heterocycles. The van der Waals surface area contributed by atoms with Crippen LogP contribution in [-0.2, 0) is 65.4 Å². The van der Waals surface area contributed by atoms with Crippen molar-refractivity contribution in [2.75, 3.05) is 39.6 Å². The number of rotatable bonds is 72. The Morgan fingerprint density at radius 1 is 0.290 bits per heavy atom. The van der Waals surface area contributed by atoms with Gasteiger partial charge in [-0.1, -0.05) is 258 Å². The Morgan fingerprint density at radius 3 is 0.890 bits per heavy atom. The smallest absolute Gasteiger partial charge is 0.462 e. The van der Waals surface area contributed by atoms with Crippen LogP contribution in [0.1, 0.15) is 310 Å². The van der Waals surface area contributed by atoms with Gasteiger partial charge in [-0.05, 0) is 148 Å². The van der Waals surface area contributed by atoms with Gasteiger partial charge >= 0.3 is 39.5 Å². The molecular formula is C81H138O17P2. The molecule has 0 aromatic rings. The molecule has 0 amide bonds. The molecule has 5 atom stereocenters. The molecule has 100 heavy (non-hydrogen) atoms. The van der Waals surface area contributed by atoms with Gasteiger partial charge in [0.05, 0.1) is 26.4 Å². The topological polar surface area (TPSA) is 237 Å². The predicted molar refractivity (Wildman–Crippen MR) is 408 cm³/mol. The molecule has 19 heteroatoms. The summed E-state index contributed by atoms with van der Waals surface area (Å²) in [5.74, 6) is -2.30. The molecule has 0 saturated carbocycles. The van der Waals surface area contributed by atoms with Gasteiger partial charge in [0.25, 0.3) is 0 Å². The van der Waals surface area contributed by atoms with Crippen molar-refractivity contribution in [3.05, 3.63) is 122 Å². The SMILES string of the molecule is CC/C=C\C/C=C\C/C=C\C/C=C\C/C=C\C/C=C\CCC(=O)O[C@H](COC(=O)CCCCCCC/C=C\CCCCCC)COP(=O)(O)OC[C@@H](O)COP(=O)(O)OC[C@@H](COC(=O)CCCCCCC/C=C\CCCCCC)OC(=O)CCCCCCC/C=C\C/C=C\CCCCC. The molecule has 0 bridgehead atoms. The lowest BCUT2D eigenvalue weighted by atomic mass is 10.1. The van der Waals surface area contributed by atoms with E-state index in [2.05, 4.69) is 131 Å². The fraction of sp³-hybridized carbons (Fsp3) is 0.704. The Bertz CT molecular complexity index is 2370. The van der Waals surface area contributed by atoms with Crippen LogP contribution in [-0.4, -0.2) is 96.7 Å². The number of carbonyl (C=O) groups is 4. The lowest BCUT2D eigenvalue weighted by Gasteiger charge is -2.21. The van der Waals surface area contributed by atoms with Gasteiger partial charge < -0.3 is 33.8 Å². The first kappa shape index (κ1) is 95.5. The molecule has 17 nitrogen and oxygen atoms in total. The fourth-order valence-corrected chi connectivity index (χ4v) is 11.5. The van der Waals surface area contributed by atoms with E-state index in [1.165, 1.54) is 70.6 Å². The highest BCUT2D eigenvalue weighted by molar-refractivity contribution is 7.47. The zero-order valence-corrected chi connectivity index (χ0v) is 64.4. The van der Waals surface area contributed by atoms with E-state index in [1.807, 2.05) is 18.2 Å². The van der Waals surface area contributed by atoms with E-state index in [4.69, 9.17) is 37.0 Å². The second kappa shape index (κ2) is 72.8. The number of unbranched alkanes of at least 4 members (excludes halogenated alkanes) is 26. The number of allylic oxidation sites excluding steroid dienone is 20. The van der Waals surface area contributed by atoms with Crippen LogP contribution in [0, 0.1) is 0 Å². The van der Waals surface area contributed by atoms with E-state index < -0.39 is 97.5 Å². The fourth-order valence-electron chi connectivity index (χ4n) is 9.97. The van der Waals surface area contributed by atoms with E-state index in [-0.39, 0.29) is 25.7 Å². The molecule has 574 valence electrons. The number of aliphatic hydroxyl groups is 1. The Kier molecular flexibility index (Phi) is 69.5. The summed E-state index contributed by atoms with van der Waals surface area (Å²) < 4.78 is 68.4. The van der Waals surface area contributed by atoms with Crippen LogP contribution < -0.4 is 0 Å². The van der Waals surface area contributed by atoms with Crippen molar-refractivity contribution < 1.29 is 80.2 Å². The van der Waals surface area contributed by atoms with Crippen LogP contribution in [0.5, 0.6) is 0 Å². The van der Waals surface area contributed by atoms with Crippen molar-refractivity contribution >= 4 is 39.5 Å². The molecule has 0 spiro atoms. The molecule has 0 aromatic heterocycles. The maximum Gasteiger partial charge on any atom is 0.472 e. The van der Waals surface area contributed by atoms with Crippen LogP contribution in [0.15, 0.2) is 122 Å². The van der Waals surface area contributed by atoms with Crippen molar-refractivity contribution in [2.24, 2.45) is 0 Å². The van der Waals surface area contributed by atoms with Gasteiger partial charge in [0, 0.05) is 25.7 Å². The minimum atomic E-state index is -5.00. The first-order chi connectivity index (χ1) is 48.7. The molecule has 0 aliphatic heterocycles. The summed E-state index contributed by atoms with van der Waals surface area (Å²) in [6.07, 6.45) is 79.1. The molecule has 0 aliphatic rings. The van der Waals surface area contributed by atoms with Crippen molar-refractivity contribution in [3.8, 4) is 0 Å². The van der Waals surface area contributed by atoms with E-state index in [9.17, 15) is 43.2 Å². The monoisotopic (exact) mass is 1440 g/mol. The quantitative estimate of drug-likeness (QED) is 0.0169. The Hall–Kier alpha value is -4.54. The Labute approximate surface area is 606 Å². The Morgan fingerprint density at radius 2 is 0.540 bits per heavy atom. The molecule has 0 aliphatic carbocycles. The van der Waals surface area contributed by atoms with Crippen LogP contribution in [0.25, 0.3) is 0 Å². The summed E-state index contributed by atoms with van der Waals surface area (Å²) >= 11 is 0. The normalized spacial score (nSPS) is 14.6. The number of ether oxygens (including phenoxy) is 4. The number of phosphoric acid groups is 2. The van der Waals surface area contributed by atoms with E-state index in [1.54, 1.807) is 0 Å². The first-order valence-corrected chi connectivity index (χ1v) is 41.8. The van der Waals surface area contributed by atoms with Gasteiger partial charge in [-0.15, -0.1) is 0 Å². The summed E-state index contributed by atoms with van der Waals surface area (Å²) in [7, 11) is -9.98. The number of phosphoric ester groups is 2. The maximum atomic E-state index is 13.1. The summed E-state index contributed by atoms with van der Waals surface area (Å²) in [5.41, 5.74) is 0. The van der Waals surface area contributed by atoms with Crippen LogP contribution in [0.3, 0.4) is 0 Å². The third kappa shape index (κ3) is 71.8. The minimum absolute atomic E-state index is 0.0340. The standard InChI is InChI=1S/C81H138O17P2/c1-5-9-13-17-21-25-29-33-35-36-37-38-40-44-48-52-56-60-64-68-81(86)98-77(72-92-79(84)66-62-58-54-50-46-42-32-28-24-20-16-12-8-4)74-96-100(89,90)94-70-75(82)69-93-99(87,88)95-73-76(71-91-78(83)65-61-57-53-49-45-41-31-27-23-19-15-11-7-3)97-80(85)67-63-59-55-51-47-43-39-34-30-26-22-18-14-10-6-2/h9,13,21-22,25-28,31-35,37-39,44,48,56,60,75-77,82H,5-8,10-12,14-20,23-24,29-30,36,40-43,45-47,49-55,57-59,61-74H2,1-4H3,(H,87,88)(H,89,90)/b13-9-,25-21-,26-22-,31-27-,32-28-,35-33-,38-37-,39-34-,48-44-,60-56-/t75-,76+,77+/m0/s1. The zero-order valence-electron chi connectivity index (χ0n) is 62.6. The average molecular weight is 1450 g/mol. The summed E-state index contributed by atoms with van der Waals surface area (Å²) in [6.45, 7) is 4.59. The van der Waals surface area contributed by atoms with E-state index in [0.717, 1.165) is 154 Å². The highest BCUT2D eigenvalue weighted by atomic mass is 31.2. The third-order valence-corrected chi connectivity index (χ3v) is 17.8. The summed E-state index contributed by atoms with van der Waals surface area (Å²) in [5, 5.41) is 10.6. The molecule has 0 rings (SSSR count). The lowest BCUT2D eigenvalue weighted by Crippen LogP contribution is -2.30. The van der Waals surface area contributed by atoms with Gasteiger partial charge in [-0.25, -0.2) is 9.13 Å². The maximum absolute atomic E-state index is 13.1. The molecule has 0 fully saturated rings. The largest absolute Gasteiger partial charge is 0.472 e. The van der Waals surface area contributed by atoms with Gasteiger partial charge in [-0.3, -0.25) is 37.3 Å². The molecule has 0 aromatic carbocycles. The van der Waals surface area contributed by atoms with E-state index >= 15 is 0 Å².